The van der Waals surface area contributed by atoms with Gasteiger partial charge in [0.2, 0.25) is 0 Å². The molecule has 1 heterocycles. The molecule has 0 aliphatic rings. The Kier molecular flexibility index (Phi) is 5.49. The highest BCUT2D eigenvalue weighted by Gasteiger charge is 2.05. The molecule has 0 aromatic carbocycles. The van der Waals surface area contributed by atoms with Crippen molar-refractivity contribution >= 4 is 0 Å². The first-order valence-electron chi connectivity index (χ1n) is 5.98. The second kappa shape index (κ2) is 6.66. The van der Waals surface area contributed by atoms with Crippen molar-refractivity contribution in [1.82, 2.24) is 9.55 Å². The van der Waals surface area contributed by atoms with Gasteiger partial charge in [0, 0.05) is 25.4 Å². The van der Waals surface area contributed by atoms with E-state index in [1.54, 1.807) is 0 Å². The van der Waals surface area contributed by atoms with E-state index < -0.39 is 0 Å². The Labute approximate surface area is 97.8 Å². The summed E-state index contributed by atoms with van der Waals surface area (Å²) in [7, 11) is 0. The van der Waals surface area contributed by atoms with Crippen molar-refractivity contribution in [3.05, 3.63) is 18.2 Å². The van der Waals surface area contributed by atoms with E-state index in [0.717, 1.165) is 31.7 Å². The highest BCUT2D eigenvalue weighted by atomic mass is 16.5. The van der Waals surface area contributed by atoms with Crippen LogP contribution >= 0.6 is 0 Å². The smallest absolute Gasteiger partial charge is 0.0948 e. The highest BCUT2D eigenvalue weighted by Crippen LogP contribution is 2.09. The fourth-order valence-electron chi connectivity index (χ4n) is 1.60. The first-order valence-corrected chi connectivity index (χ1v) is 5.98. The maximum Gasteiger partial charge on any atom is 0.0948 e. The minimum atomic E-state index is 0.0504. The van der Waals surface area contributed by atoms with Gasteiger partial charge >= 0.3 is 0 Å². The first kappa shape index (κ1) is 13.2. The fourth-order valence-corrected chi connectivity index (χ4v) is 1.60. The third-order valence-electron chi connectivity index (χ3n) is 2.46. The third kappa shape index (κ3) is 4.33. The Balaban J connectivity index is 2.24. The molecule has 0 bridgehead atoms. The van der Waals surface area contributed by atoms with Crippen molar-refractivity contribution < 1.29 is 4.74 Å². The number of aromatic nitrogens is 2. The summed E-state index contributed by atoms with van der Waals surface area (Å²) in [5.41, 5.74) is 6.95. The summed E-state index contributed by atoms with van der Waals surface area (Å²) in [6.45, 7) is 7.90. The van der Waals surface area contributed by atoms with Gasteiger partial charge in [-0.2, -0.15) is 0 Å². The predicted molar refractivity (Wildman–Crippen MR) is 65.2 cm³/mol. The van der Waals surface area contributed by atoms with Crippen molar-refractivity contribution in [1.29, 1.82) is 0 Å². The van der Waals surface area contributed by atoms with Crippen LogP contribution in [0.15, 0.2) is 12.5 Å². The molecule has 92 valence electrons. The summed E-state index contributed by atoms with van der Waals surface area (Å²) in [5, 5.41) is 0. The van der Waals surface area contributed by atoms with Crippen molar-refractivity contribution in [2.24, 2.45) is 5.73 Å². The molecule has 1 aromatic rings. The molecule has 16 heavy (non-hydrogen) atoms. The van der Waals surface area contributed by atoms with Gasteiger partial charge in [-0.1, -0.05) is 0 Å². The molecule has 4 heteroatoms. The third-order valence-corrected chi connectivity index (χ3v) is 2.46. The second-order valence-electron chi connectivity index (χ2n) is 4.43. The van der Waals surface area contributed by atoms with Crippen LogP contribution in [0.2, 0.25) is 0 Å². The summed E-state index contributed by atoms with van der Waals surface area (Å²) >= 11 is 0. The molecule has 2 N–H and O–H groups in total. The lowest BCUT2D eigenvalue weighted by molar-refractivity contribution is 0.0754. The van der Waals surface area contributed by atoms with Crippen LogP contribution in [0, 0.1) is 0 Å². The zero-order chi connectivity index (χ0) is 12.0. The van der Waals surface area contributed by atoms with E-state index in [-0.39, 0.29) is 6.04 Å². The van der Waals surface area contributed by atoms with E-state index >= 15 is 0 Å². The lowest BCUT2D eigenvalue weighted by Gasteiger charge is -2.11. The first-order chi connectivity index (χ1) is 7.61. The topological polar surface area (TPSA) is 53.1 Å². The number of ether oxygens (including phenoxy) is 1. The van der Waals surface area contributed by atoms with Crippen LogP contribution in [0.1, 0.15) is 45.3 Å². The number of aryl methyl sites for hydroxylation is 1. The van der Waals surface area contributed by atoms with E-state index in [0.29, 0.717) is 6.10 Å². The lowest BCUT2D eigenvalue weighted by Crippen LogP contribution is -2.12. The molecule has 1 atom stereocenters. The van der Waals surface area contributed by atoms with Crippen LogP contribution in [0.3, 0.4) is 0 Å². The quantitative estimate of drug-likeness (QED) is 0.723. The van der Waals surface area contributed by atoms with E-state index in [2.05, 4.69) is 23.4 Å². The number of hydrogen-bond acceptors (Lipinski definition) is 3. The molecular weight excluding hydrogens is 202 g/mol. The van der Waals surface area contributed by atoms with Crippen LogP contribution in [-0.4, -0.2) is 22.3 Å². The van der Waals surface area contributed by atoms with Crippen LogP contribution in [-0.2, 0) is 11.3 Å². The van der Waals surface area contributed by atoms with Crippen molar-refractivity contribution in [2.75, 3.05) is 6.61 Å². The molecule has 0 saturated carbocycles. The van der Waals surface area contributed by atoms with Gasteiger partial charge in [-0.3, -0.25) is 0 Å². The zero-order valence-corrected chi connectivity index (χ0v) is 10.5. The molecule has 0 aliphatic heterocycles. The number of nitrogens with two attached hydrogens (primary N) is 1. The van der Waals surface area contributed by atoms with Gasteiger partial charge < -0.3 is 15.0 Å². The van der Waals surface area contributed by atoms with Crippen molar-refractivity contribution in [3.63, 3.8) is 0 Å². The Bertz CT molecular complexity index is 294. The van der Waals surface area contributed by atoms with Gasteiger partial charge in [0.25, 0.3) is 0 Å². The average Bonchev–Trinajstić information content (AvgIpc) is 2.65. The molecule has 1 rings (SSSR count). The molecular formula is C12H23N3O. The summed E-state index contributed by atoms with van der Waals surface area (Å²) in [6.07, 6.45) is 6.20. The number of rotatable bonds is 7. The van der Waals surface area contributed by atoms with E-state index in [1.807, 2.05) is 19.4 Å². The number of imidazole rings is 1. The van der Waals surface area contributed by atoms with E-state index in [1.165, 1.54) is 0 Å². The maximum absolute atomic E-state index is 5.84. The highest BCUT2D eigenvalue weighted by molar-refractivity contribution is 5.02. The minimum absolute atomic E-state index is 0.0504. The lowest BCUT2D eigenvalue weighted by atomic mass is 10.2. The molecule has 4 nitrogen and oxygen atoms in total. The van der Waals surface area contributed by atoms with Crippen LogP contribution in [0.5, 0.6) is 0 Å². The zero-order valence-electron chi connectivity index (χ0n) is 10.5. The Hall–Kier alpha value is -0.870. The van der Waals surface area contributed by atoms with Gasteiger partial charge in [0.15, 0.2) is 0 Å². The summed E-state index contributed by atoms with van der Waals surface area (Å²) in [5.74, 6) is 0. The second-order valence-corrected chi connectivity index (χ2v) is 4.43. The maximum atomic E-state index is 5.84. The van der Waals surface area contributed by atoms with Gasteiger partial charge in [0.05, 0.1) is 18.1 Å². The van der Waals surface area contributed by atoms with E-state index in [9.17, 15) is 0 Å². The molecule has 0 unspecified atom stereocenters. The number of nitrogens with zero attached hydrogens (tertiary/aromatic N) is 2. The van der Waals surface area contributed by atoms with Crippen LogP contribution in [0.4, 0.5) is 0 Å². The normalized spacial score (nSPS) is 13.3. The largest absolute Gasteiger partial charge is 0.379 e. The Morgan fingerprint density at radius 2 is 2.12 bits per heavy atom. The van der Waals surface area contributed by atoms with Gasteiger partial charge in [-0.15, -0.1) is 0 Å². The summed E-state index contributed by atoms with van der Waals surface area (Å²) in [6, 6.07) is 0.0504. The van der Waals surface area contributed by atoms with Crippen molar-refractivity contribution in [2.45, 2.75) is 52.3 Å². The van der Waals surface area contributed by atoms with Gasteiger partial charge in [-0.05, 0) is 33.6 Å². The summed E-state index contributed by atoms with van der Waals surface area (Å²) < 4.78 is 7.61. The Morgan fingerprint density at radius 1 is 1.38 bits per heavy atom. The minimum Gasteiger partial charge on any atom is -0.379 e. The van der Waals surface area contributed by atoms with Crippen LogP contribution in [0.25, 0.3) is 0 Å². The standard InChI is InChI=1S/C12H23N3O/c1-10(2)16-7-5-4-6-15-9-14-8-12(15)11(3)13/h8-11H,4-7,13H2,1-3H3/t11-/m0/s1. The van der Waals surface area contributed by atoms with E-state index in [4.69, 9.17) is 10.5 Å². The molecule has 0 radical (unpaired) electrons. The fraction of sp³-hybridized carbons (Fsp3) is 0.750. The van der Waals surface area contributed by atoms with Crippen molar-refractivity contribution in [3.8, 4) is 0 Å². The van der Waals surface area contributed by atoms with Gasteiger partial charge in [0.1, 0.15) is 0 Å². The molecule has 0 fully saturated rings. The van der Waals surface area contributed by atoms with Gasteiger partial charge in [-0.25, -0.2) is 4.98 Å². The average molecular weight is 225 g/mol. The van der Waals surface area contributed by atoms with Crippen LogP contribution < -0.4 is 5.73 Å². The molecule has 1 aromatic heterocycles. The Morgan fingerprint density at radius 3 is 2.75 bits per heavy atom. The molecule has 0 saturated heterocycles. The molecule has 0 aliphatic carbocycles. The number of unbranched alkanes of at least 4 members (excludes halogenated alkanes) is 1. The number of hydrogen-bond donors (Lipinski definition) is 1. The molecule has 0 amide bonds. The molecule has 0 spiro atoms. The SMILES string of the molecule is CC(C)OCCCCn1cncc1[C@H](C)N. The predicted octanol–water partition coefficient (Wildman–Crippen LogP) is 2.11. The monoisotopic (exact) mass is 225 g/mol. The summed E-state index contributed by atoms with van der Waals surface area (Å²) in [4.78, 5) is 4.12.